The molecule has 1 aliphatic carbocycles. The molecule has 3 aromatic carbocycles. The van der Waals surface area contributed by atoms with E-state index in [0.717, 1.165) is 35.5 Å². The van der Waals surface area contributed by atoms with Gasteiger partial charge in [0.2, 0.25) is 5.91 Å². The normalized spacial score (nSPS) is 36.1. The van der Waals surface area contributed by atoms with Crippen LogP contribution in [0.25, 0.3) is 0 Å². The number of nitrogens with zero attached hydrogens (tertiary/aromatic N) is 2. The lowest BCUT2D eigenvalue weighted by Crippen LogP contribution is -2.61. The summed E-state index contributed by atoms with van der Waals surface area (Å²) < 4.78 is 19.7. The fourth-order valence-corrected chi connectivity index (χ4v) is 9.57. The van der Waals surface area contributed by atoms with Gasteiger partial charge in [0, 0.05) is 29.3 Å². The van der Waals surface area contributed by atoms with E-state index in [4.69, 9.17) is 14.2 Å². The number of hydrogen-bond acceptors (Lipinski definition) is 5. The molecule has 46 heavy (non-hydrogen) atoms. The third kappa shape index (κ3) is 4.29. The smallest absolute Gasteiger partial charge is 0.237 e. The largest absolute Gasteiger partial charge is 0.497 e. The summed E-state index contributed by atoms with van der Waals surface area (Å²) in [7, 11) is 1.67. The zero-order valence-corrected chi connectivity index (χ0v) is 27.7. The highest BCUT2D eigenvalue weighted by atomic mass is 16.5. The van der Waals surface area contributed by atoms with Crippen molar-refractivity contribution in [3.05, 3.63) is 108 Å². The van der Waals surface area contributed by atoms with Crippen LogP contribution in [0.3, 0.4) is 0 Å². The van der Waals surface area contributed by atoms with Crippen molar-refractivity contribution in [2.45, 2.75) is 95.5 Å². The first-order valence-corrected chi connectivity index (χ1v) is 17.1. The molecule has 4 heterocycles. The fourth-order valence-electron chi connectivity index (χ4n) is 9.57. The molecule has 3 aromatic rings. The molecule has 5 aliphatic rings. The maximum Gasteiger partial charge on any atom is 0.237 e. The molecule has 1 saturated carbocycles. The van der Waals surface area contributed by atoms with Crippen LogP contribution in [-0.2, 0) is 20.8 Å². The van der Waals surface area contributed by atoms with E-state index in [0.29, 0.717) is 18.3 Å². The topological polar surface area (TPSA) is 51.2 Å². The number of ether oxygens (including phenoxy) is 3. The van der Waals surface area contributed by atoms with Gasteiger partial charge in [-0.05, 0) is 81.3 Å². The van der Waals surface area contributed by atoms with Gasteiger partial charge >= 0.3 is 0 Å². The lowest BCUT2D eigenvalue weighted by atomic mass is 9.67. The number of benzene rings is 3. The van der Waals surface area contributed by atoms with Crippen LogP contribution < -0.4 is 9.64 Å². The standard InChI is InChI=1S/C40H46N2O4/c1-26-15-20-33-34(23-26)45-36(41(38(33,2)3)25-27-11-7-6-8-12-27)32-14-10-9-13-31(32)35-40-22-21-30(46-40)24-39(40,4)37(43)42(35)28-16-18-29(44-5)19-17-28/h6-14,16-19,21-22,26,30,33-36H,15,20,23-25H2,1-5H3/t26-,30+,33-,34-,35+,36+,39-,40+/m1/s1. The molecule has 0 unspecified atom stereocenters. The molecule has 4 aliphatic heterocycles. The summed E-state index contributed by atoms with van der Waals surface area (Å²) in [6.45, 7) is 10.1. The van der Waals surface area contributed by atoms with Gasteiger partial charge in [-0.15, -0.1) is 0 Å². The van der Waals surface area contributed by atoms with Gasteiger partial charge in [0.05, 0.1) is 30.8 Å². The van der Waals surface area contributed by atoms with Crippen molar-refractivity contribution in [2.75, 3.05) is 12.0 Å². The van der Waals surface area contributed by atoms with Crippen LogP contribution in [0.15, 0.2) is 91.0 Å². The van der Waals surface area contributed by atoms with E-state index in [-0.39, 0.29) is 35.9 Å². The molecule has 6 heteroatoms. The lowest BCUT2D eigenvalue weighted by molar-refractivity contribution is -0.241. The number of anilines is 1. The molecule has 3 saturated heterocycles. The molecule has 2 bridgehead atoms. The average molecular weight is 619 g/mol. The van der Waals surface area contributed by atoms with Gasteiger partial charge in [-0.3, -0.25) is 9.69 Å². The Kier molecular flexibility index (Phi) is 7.02. The summed E-state index contributed by atoms with van der Waals surface area (Å²) >= 11 is 0. The highest BCUT2D eigenvalue weighted by Crippen LogP contribution is 2.66. The first kappa shape index (κ1) is 29.9. The van der Waals surface area contributed by atoms with Gasteiger partial charge in [0.25, 0.3) is 0 Å². The van der Waals surface area contributed by atoms with Crippen LogP contribution in [0.5, 0.6) is 5.75 Å². The number of fused-ring (bicyclic) bond motifs is 2. The second-order valence-electron chi connectivity index (χ2n) is 15.1. The van der Waals surface area contributed by atoms with Gasteiger partial charge in [0.15, 0.2) is 0 Å². The third-order valence-electron chi connectivity index (χ3n) is 12.1. The molecular formula is C40H46N2O4. The van der Waals surface area contributed by atoms with E-state index < -0.39 is 11.0 Å². The van der Waals surface area contributed by atoms with Crippen LogP contribution >= 0.6 is 0 Å². The Hall–Kier alpha value is -3.45. The molecule has 0 aromatic heterocycles. The molecular weight excluding hydrogens is 572 g/mol. The fraction of sp³-hybridized carbons (Fsp3) is 0.475. The molecule has 1 spiro atoms. The van der Waals surface area contributed by atoms with Gasteiger partial charge in [-0.2, -0.15) is 0 Å². The predicted octanol–water partition coefficient (Wildman–Crippen LogP) is 8.00. The van der Waals surface area contributed by atoms with E-state index in [1.165, 1.54) is 18.4 Å². The first-order chi connectivity index (χ1) is 22.2. The lowest BCUT2D eigenvalue weighted by Gasteiger charge is -2.58. The van der Waals surface area contributed by atoms with Crippen molar-refractivity contribution < 1.29 is 19.0 Å². The van der Waals surface area contributed by atoms with E-state index in [1.54, 1.807) is 7.11 Å². The van der Waals surface area contributed by atoms with E-state index in [1.807, 2.05) is 29.2 Å². The monoisotopic (exact) mass is 618 g/mol. The Bertz CT molecular complexity index is 1650. The minimum absolute atomic E-state index is 0.0504. The summed E-state index contributed by atoms with van der Waals surface area (Å²) in [5.74, 6) is 1.95. The minimum Gasteiger partial charge on any atom is -0.497 e. The highest BCUT2D eigenvalue weighted by molar-refractivity contribution is 6.04. The summed E-state index contributed by atoms with van der Waals surface area (Å²) in [6.07, 6.45) is 8.36. The molecule has 8 atom stereocenters. The maximum atomic E-state index is 14.7. The summed E-state index contributed by atoms with van der Waals surface area (Å²) in [4.78, 5) is 19.3. The Morgan fingerprint density at radius 2 is 1.63 bits per heavy atom. The van der Waals surface area contributed by atoms with Gasteiger partial charge in [0.1, 0.15) is 17.6 Å². The van der Waals surface area contributed by atoms with Crippen molar-refractivity contribution >= 4 is 11.6 Å². The van der Waals surface area contributed by atoms with Crippen molar-refractivity contribution in [3.63, 3.8) is 0 Å². The van der Waals surface area contributed by atoms with Crippen molar-refractivity contribution in [1.82, 2.24) is 4.90 Å². The summed E-state index contributed by atoms with van der Waals surface area (Å²) in [6, 6.07) is 26.9. The Labute approximate surface area is 273 Å². The molecule has 240 valence electrons. The first-order valence-electron chi connectivity index (χ1n) is 17.1. The van der Waals surface area contributed by atoms with Crippen LogP contribution in [-0.4, -0.2) is 41.3 Å². The van der Waals surface area contributed by atoms with Crippen LogP contribution in [0, 0.1) is 17.3 Å². The third-order valence-corrected chi connectivity index (χ3v) is 12.1. The second kappa shape index (κ2) is 10.8. The Balaban J connectivity index is 1.29. The maximum absolute atomic E-state index is 14.7. The van der Waals surface area contributed by atoms with Crippen LogP contribution in [0.4, 0.5) is 5.69 Å². The molecule has 0 N–H and O–H groups in total. The SMILES string of the molecule is COc1ccc(N2C(=O)[C@@]3(C)C[C@@H]4C=C[C@]3(O4)[C@@H]2c2ccccc2[C@@H]2O[C@@H]3C[C@H](C)CC[C@H]3C(C)(C)N2Cc2ccccc2)cc1. The van der Waals surface area contributed by atoms with E-state index in [2.05, 4.69) is 99.3 Å². The van der Waals surface area contributed by atoms with Crippen molar-refractivity contribution in [3.8, 4) is 5.75 Å². The molecule has 1 amide bonds. The molecule has 6 nitrogen and oxygen atoms in total. The number of methoxy groups -OCH3 is 1. The Morgan fingerprint density at radius 3 is 2.35 bits per heavy atom. The second-order valence-corrected chi connectivity index (χ2v) is 15.1. The zero-order valence-electron chi connectivity index (χ0n) is 27.7. The van der Waals surface area contributed by atoms with Gasteiger partial charge < -0.3 is 19.1 Å². The average Bonchev–Trinajstić information content (AvgIpc) is 3.67. The minimum atomic E-state index is -0.777. The molecule has 4 fully saturated rings. The van der Waals surface area contributed by atoms with Crippen LogP contribution in [0.2, 0.25) is 0 Å². The predicted molar refractivity (Wildman–Crippen MR) is 179 cm³/mol. The van der Waals surface area contributed by atoms with Crippen molar-refractivity contribution in [1.29, 1.82) is 0 Å². The number of carbonyl (C=O) groups is 1. The number of carbonyl (C=O) groups excluding carboxylic acids is 1. The van der Waals surface area contributed by atoms with E-state index in [9.17, 15) is 4.79 Å². The highest BCUT2D eigenvalue weighted by Gasteiger charge is 2.73. The van der Waals surface area contributed by atoms with Crippen LogP contribution in [0.1, 0.15) is 82.3 Å². The summed E-state index contributed by atoms with van der Waals surface area (Å²) in [5.41, 5.74) is 2.77. The molecule has 0 radical (unpaired) electrons. The number of rotatable bonds is 6. The zero-order chi connectivity index (χ0) is 31.8. The van der Waals surface area contributed by atoms with Crippen molar-refractivity contribution in [2.24, 2.45) is 17.3 Å². The number of hydrogen-bond donors (Lipinski definition) is 0. The summed E-state index contributed by atoms with van der Waals surface area (Å²) in [5, 5.41) is 0. The van der Waals surface area contributed by atoms with Gasteiger partial charge in [-0.1, -0.05) is 80.1 Å². The quantitative estimate of drug-likeness (QED) is 0.262. The number of amides is 1. The van der Waals surface area contributed by atoms with E-state index >= 15 is 0 Å². The van der Waals surface area contributed by atoms with Gasteiger partial charge in [-0.25, -0.2) is 0 Å². The Morgan fingerprint density at radius 1 is 0.913 bits per heavy atom. The molecule has 8 rings (SSSR count).